The van der Waals surface area contributed by atoms with E-state index < -0.39 is 6.29 Å². The highest BCUT2D eigenvalue weighted by molar-refractivity contribution is 7.99. The summed E-state index contributed by atoms with van der Waals surface area (Å²) in [5.74, 6) is 0.319. The lowest BCUT2D eigenvalue weighted by Crippen LogP contribution is -2.31. The zero-order chi connectivity index (χ0) is 33.7. The summed E-state index contributed by atoms with van der Waals surface area (Å²) in [6.45, 7) is 0.440. The molecule has 1 fully saturated rings. The summed E-state index contributed by atoms with van der Waals surface area (Å²) in [7, 11) is 1.92. The molecule has 1 aliphatic heterocycles. The van der Waals surface area contributed by atoms with Crippen LogP contribution >= 0.6 is 11.8 Å². The van der Waals surface area contributed by atoms with Crippen molar-refractivity contribution in [3.8, 4) is 11.1 Å². The van der Waals surface area contributed by atoms with E-state index in [2.05, 4.69) is 39.8 Å². The molecular weight excluding hydrogens is 630 g/mol. The number of hydrogen-bond acceptors (Lipinski definition) is 9. The zero-order valence-corrected chi connectivity index (χ0v) is 27.9. The second kappa shape index (κ2) is 17.9. The molecule has 2 heterocycles. The maximum absolute atomic E-state index is 12.4. The van der Waals surface area contributed by atoms with Gasteiger partial charge in [0.05, 0.1) is 18.8 Å². The summed E-state index contributed by atoms with van der Waals surface area (Å²) in [5.41, 5.74) is 7.55. The van der Waals surface area contributed by atoms with Crippen molar-refractivity contribution < 1.29 is 29.4 Å². The monoisotopic (exact) mass is 673 g/mol. The number of aromatic nitrogens is 3. The molecule has 12 heteroatoms. The van der Waals surface area contributed by atoms with Gasteiger partial charge in [-0.1, -0.05) is 91.3 Å². The Kier molecular flexibility index (Phi) is 13.1. The number of aliphatic hydroxyl groups is 1. The van der Waals surface area contributed by atoms with E-state index >= 15 is 0 Å². The van der Waals surface area contributed by atoms with Crippen molar-refractivity contribution in [3.63, 3.8) is 0 Å². The van der Waals surface area contributed by atoms with Crippen molar-refractivity contribution in [2.45, 2.75) is 81.8 Å². The first-order valence-electron chi connectivity index (χ1n) is 16.3. The molecule has 3 atom stereocenters. The Morgan fingerprint density at radius 2 is 1.62 bits per heavy atom. The SMILES string of the molecule is Cn1cnnc1SCC1CC(c2ccc(CO)cc2)OC(c2ccc(-c3cccc(CNC(=O)CCCCCCC(=O)NO)c3)cc2)O1. The van der Waals surface area contributed by atoms with Crippen LogP contribution in [0, 0.1) is 0 Å². The number of benzene rings is 3. The number of ether oxygens (including phenoxy) is 2. The number of rotatable bonds is 16. The van der Waals surface area contributed by atoms with Crippen LogP contribution in [0.1, 0.15) is 79.6 Å². The molecule has 0 radical (unpaired) electrons. The number of nitrogens with zero attached hydrogens (tertiary/aromatic N) is 3. The summed E-state index contributed by atoms with van der Waals surface area (Å²) in [6.07, 6.45) is 5.43. The number of aryl methyl sites for hydroxylation is 1. The molecular formula is C36H43N5O6S. The number of thioether (sulfide) groups is 1. The minimum absolute atomic E-state index is 0.00118. The highest BCUT2D eigenvalue weighted by atomic mass is 32.2. The first-order chi connectivity index (χ1) is 23.4. The number of carbonyl (C=O) groups excluding carboxylic acids is 2. The fourth-order valence-corrected chi connectivity index (χ4v) is 6.46. The molecule has 1 aromatic heterocycles. The number of carbonyl (C=O) groups is 2. The van der Waals surface area contributed by atoms with Gasteiger partial charge in [0.1, 0.15) is 6.33 Å². The molecule has 5 rings (SSSR count). The summed E-state index contributed by atoms with van der Waals surface area (Å²) < 4.78 is 14.9. The van der Waals surface area contributed by atoms with Gasteiger partial charge in [-0.2, -0.15) is 0 Å². The van der Waals surface area contributed by atoms with E-state index in [0.29, 0.717) is 31.6 Å². The average molecular weight is 674 g/mol. The number of hydrogen-bond donors (Lipinski definition) is 4. The molecule has 0 saturated carbocycles. The quantitative estimate of drug-likeness (QED) is 0.0503. The van der Waals surface area contributed by atoms with E-state index in [9.17, 15) is 14.7 Å². The summed E-state index contributed by atoms with van der Waals surface area (Å²) in [5, 5.41) is 30.0. The predicted molar refractivity (Wildman–Crippen MR) is 182 cm³/mol. The minimum atomic E-state index is -0.554. The zero-order valence-electron chi connectivity index (χ0n) is 27.1. The summed E-state index contributed by atoms with van der Waals surface area (Å²) in [4.78, 5) is 23.4. The van der Waals surface area contributed by atoms with E-state index in [4.69, 9.17) is 14.7 Å². The van der Waals surface area contributed by atoms with Gasteiger partial charge in [0.25, 0.3) is 0 Å². The lowest BCUT2D eigenvalue weighted by Gasteiger charge is -2.36. The molecule has 1 saturated heterocycles. The molecule has 4 aromatic rings. The Morgan fingerprint density at radius 1 is 0.896 bits per heavy atom. The Bertz CT molecular complexity index is 1610. The fourth-order valence-electron chi connectivity index (χ4n) is 5.56. The standard InChI is InChI=1S/C36H43N5O6S/c1-41-24-38-39-36(41)48-23-31-20-32(28-13-11-25(22-42)12-14-28)47-35(46-31)29-17-15-27(16-18-29)30-8-6-7-26(19-30)21-37-33(43)9-4-2-3-5-10-34(44)40-45/h6-8,11-19,24,31-32,35,42,45H,2-5,9-10,20-23H2,1H3,(H,37,43)(H,40,44). The lowest BCUT2D eigenvalue weighted by atomic mass is 9.99. The molecule has 254 valence electrons. The average Bonchev–Trinajstić information content (AvgIpc) is 3.55. The molecule has 2 amide bonds. The van der Waals surface area contributed by atoms with Crippen molar-refractivity contribution in [1.82, 2.24) is 25.6 Å². The van der Waals surface area contributed by atoms with E-state index in [0.717, 1.165) is 57.8 Å². The normalized spacial score (nSPS) is 17.6. The second-order valence-corrected chi connectivity index (χ2v) is 12.9. The number of amides is 2. The lowest BCUT2D eigenvalue weighted by molar-refractivity contribution is -0.245. The molecule has 11 nitrogen and oxygen atoms in total. The molecule has 3 aromatic carbocycles. The van der Waals surface area contributed by atoms with E-state index in [1.54, 1.807) is 23.6 Å². The van der Waals surface area contributed by atoms with E-state index in [-0.39, 0.29) is 37.0 Å². The third-order valence-electron chi connectivity index (χ3n) is 8.30. The Morgan fingerprint density at radius 3 is 2.31 bits per heavy atom. The first-order valence-corrected chi connectivity index (χ1v) is 17.3. The summed E-state index contributed by atoms with van der Waals surface area (Å²) in [6, 6.07) is 24.2. The third kappa shape index (κ3) is 10.2. The molecule has 48 heavy (non-hydrogen) atoms. The Hall–Kier alpha value is -4.07. The van der Waals surface area contributed by atoms with Crippen molar-refractivity contribution in [2.24, 2.45) is 7.05 Å². The van der Waals surface area contributed by atoms with Crippen molar-refractivity contribution in [2.75, 3.05) is 5.75 Å². The highest BCUT2D eigenvalue weighted by Gasteiger charge is 2.32. The smallest absolute Gasteiger partial charge is 0.243 e. The Labute approximate surface area is 285 Å². The first kappa shape index (κ1) is 35.2. The van der Waals surface area contributed by atoms with Crippen molar-refractivity contribution in [3.05, 3.63) is 101 Å². The topological polar surface area (TPSA) is 148 Å². The van der Waals surface area contributed by atoms with E-state index in [1.165, 1.54) is 0 Å². The molecule has 3 unspecified atom stereocenters. The van der Waals surface area contributed by atoms with Gasteiger partial charge in [-0.25, -0.2) is 5.48 Å². The molecule has 0 aliphatic carbocycles. The van der Waals surface area contributed by atoms with Gasteiger partial charge >= 0.3 is 0 Å². The maximum Gasteiger partial charge on any atom is 0.243 e. The predicted octanol–water partition coefficient (Wildman–Crippen LogP) is 5.77. The van der Waals surface area contributed by atoms with Crippen LogP contribution in [-0.2, 0) is 39.3 Å². The molecule has 1 aliphatic rings. The van der Waals surface area contributed by atoms with E-state index in [1.807, 2.05) is 60.1 Å². The largest absolute Gasteiger partial charge is 0.392 e. The van der Waals surface area contributed by atoms with Crippen LogP contribution in [0.2, 0.25) is 0 Å². The number of aliphatic hydroxyl groups excluding tert-OH is 1. The van der Waals surface area contributed by atoms with Crippen LogP contribution in [0.5, 0.6) is 0 Å². The second-order valence-electron chi connectivity index (χ2n) is 11.9. The number of unbranched alkanes of at least 4 members (excludes halogenated alkanes) is 3. The van der Waals surface area contributed by atoms with Crippen molar-refractivity contribution >= 4 is 23.6 Å². The number of nitrogens with one attached hydrogen (secondary N) is 2. The summed E-state index contributed by atoms with van der Waals surface area (Å²) >= 11 is 1.61. The van der Waals surface area contributed by atoms with Gasteiger partial charge in [0, 0.05) is 44.2 Å². The fraction of sp³-hybridized carbons (Fsp3) is 0.389. The Balaban J connectivity index is 1.18. The van der Waals surface area contributed by atoms with Crippen LogP contribution in [0.3, 0.4) is 0 Å². The molecule has 0 spiro atoms. The van der Waals surface area contributed by atoms with Crippen LogP contribution in [0.15, 0.2) is 84.3 Å². The van der Waals surface area contributed by atoms with Gasteiger partial charge in [-0.15, -0.1) is 10.2 Å². The van der Waals surface area contributed by atoms with Gasteiger partial charge < -0.3 is 24.5 Å². The van der Waals surface area contributed by atoms with Crippen LogP contribution in [0.25, 0.3) is 11.1 Å². The molecule has 0 bridgehead atoms. The van der Waals surface area contributed by atoms with Crippen LogP contribution in [0.4, 0.5) is 0 Å². The van der Waals surface area contributed by atoms with Crippen molar-refractivity contribution in [1.29, 1.82) is 0 Å². The van der Waals surface area contributed by atoms with Gasteiger partial charge in [0.2, 0.25) is 11.8 Å². The minimum Gasteiger partial charge on any atom is -0.392 e. The number of hydroxylamine groups is 1. The molecule has 4 N–H and O–H groups in total. The van der Waals surface area contributed by atoms with Gasteiger partial charge in [-0.05, 0) is 46.7 Å². The van der Waals surface area contributed by atoms with Crippen LogP contribution < -0.4 is 10.8 Å². The third-order valence-corrected chi connectivity index (χ3v) is 9.46. The maximum atomic E-state index is 12.4. The van der Waals surface area contributed by atoms with Gasteiger partial charge in [0.15, 0.2) is 11.4 Å². The van der Waals surface area contributed by atoms with Gasteiger partial charge in [-0.3, -0.25) is 14.8 Å². The van der Waals surface area contributed by atoms with Crippen LogP contribution in [-0.4, -0.2) is 48.7 Å². The highest BCUT2D eigenvalue weighted by Crippen LogP contribution is 2.39.